The molecule has 0 aromatic rings. The Morgan fingerprint density at radius 3 is 1.59 bits per heavy atom. The van der Waals surface area contributed by atoms with Crippen LogP contribution in [0.4, 0.5) is 0 Å². The van der Waals surface area contributed by atoms with Gasteiger partial charge in [0, 0.05) is 0 Å². The van der Waals surface area contributed by atoms with Gasteiger partial charge in [-0.05, 0) is 54.8 Å². The quantitative estimate of drug-likeness (QED) is 0.690. The van der Waals surface area contributed by atoms with Gasteiger partial charge in [0.1, 0.15) is 0 Å². The summed E-state index contributed by atoms with van der Waals surface area (Å²) in [7, 11) is 0. The fraction of sp³-hybridized carbons (Fsp3) is 0.733. The number of hydrogen-bond donors (Lipinski definition) is 2. The zero-order valence-electron chi connectivity index (χ0n) is 10.2. The Hall–Kier alpha value is -0.600. The third-order valence-electron chi connectivity index (χ3n) is 4.75. The van der Waals surface area contributed by atoms with E-state index in [4.69, 9.17) is 10.2 Å². The molecule has 3 saturated carbocycles. The molecule has 2 nitrogen and oxygen atoms in total. The van der Waals surface area contributed by atoms with Crippen LogP contribution in [0, 0.1) is 35.5 Å². The zero-order chi connectivity index (χ0) is 11.8. The Kier molecular flexibility index (Phi) is 3.10. The SMILES string of the molecule is OC/C=C/[C@H]1C[C@@H]1[C@H]1C[C@@H]1[C@H]1C[C@@H]1/C=C/CO. The number of rotatable bonds is 6. The Bertz CT molecular complexity index is 302. The van der Waals surface area contributed by atoms with Crippen LogP contribution in [0.1, 0.15) is 19.3 Å². The van der Waals surface area contributed by atoms with Crippen LogP contribution >= 0.6 is 0 Å². The van der Waals surface area contributed by atoms with Gasteiger partial charge >= 0.3 is 0 Å². The van der Waals surface area contributed by atoms with E-state index < -0.39 is 0 Å². The predicted octanol–water partition coefficient (Wildman–Crippen LogP) is 1.99. The van der Waals surface area contributed by atoms with E-state index in [1.54, 1.807) is 0 Å². The van der Waals surface area contributed by atoms with Crippen LogP contribution in [-0.4, -0.2) is 23.4 Å². The fourth-order valence-corrected chi connectivity index (χ4v) is 3.59. The van der Waals surface area contributed by atoms with Crippen LogP contribution in [0.15, 0.2) is 24.3 Å². The molecule has 6 atom stereocenters. The second-order valence-corrected chi connectivity index (χ2v) is 5.91. The molecule has 0 aromatic carbocycles. The lowest BCUT2D eigenvalue weighted by Gasteiger charge is -1.95. The van der Waals surface area contributed by atoms with E-state index >= 15 is 0 Å². The van der Waals surface area contributed by atoms with Gasteiger partial charge in [-0.1, -0.05) is 24.3 Å². The van der Waals surface area contributed by atoms with Gasteiger partial charge in [0.15, 0.2) is 0 Å². The maximum atomic E-state index is 8.74. The van der Waals surface area contributed by atoms with Gasteiger partial charge in [-0.15, -0.1) is 0 Å². The summed E-state index contributed by atoms with van der Waals surface area (Å²) in [6, 6.07) is 0. The van der Waals surface area contributed by atoms with E-state index in [-0.39, 0.29) is 13.2 Å². The lowest BCUT2D eigenvalue weighted by atomic mass is 10.1. The van der Waals surface area contributed by atoms with Crippen LogP contribution in [0.2, 0.25) is 0 Å². The Balaban J connectivity index is 1.41. The Labute approximate surface area is 103 Å². The molecular weight excluding hydrogens is 212 g/mol. The van der Waals surface area contributed by atoms with Crippen LogP contribution < -0.4 is 0 Å². The van der Waals surface area contributed by atoms with Crippen molar-refractivity contribution in [2.45, 2.75) is 19.3 Å². The standard InChI is InChI=1S/C15H22O2/c16-5-1-3-10-7-12(10)14-9-15(14)13-8-11(13)4-2-6-17/h1-4,10-17H,5-9H2/b3-1+,4-2+/t10-,11-,12-,13-,14+,15+/m0/s1. The highest BCUT2D eigenvalue weighted by Crippen LogP contribution is 2.66. The average Bonchev–Trinajstić information content (AvgIpc) is 3.19. The van der Waals surface area contributed by atoms with Crippen molar-refractivity contribution in [1.29, 1.82) is 0 Å². The molecule has 0 radical (unpaired) electrons. The first-order chi connectivity index (χ1) is 8.35. The van der Waals surface area contributed by atoms with Crippen molar-refractivity contribution in [3.05, 3.63) is 24.3 Å². The topological polar surface area (TPSA) is 40.5 Å². The smallest absolute Gasteiger partial charge is 0.0612 e. The van der Waals surface area contributed by atoms with E-state index in [9.17, 15) is 0 Å². The van der Waals surface area contributed by atoms with Gasteiger partial charge in [-0.25, -0.2) is 0 Å². The third-order valence-corrected chi connectivity index (χ3v) is 4.75. The molecule has 0 bridgehead atoms. The zero-order valence-corrected chi connectivity index (χ0v) is 10.2. The maximum absolute atomic E-state index is 8.74. The lowest BCUT2D eigenvalue weighted by molar-refractivity contribution is 0.341. The minimum absolute atomic E-state index is 0.188. The van der Waals surface area contributed by atoms with Gasteiger partial charge in [0.2, 0.25) is 0 Å². The molecule has 2 N–H and O–H groups in total. The highest BCUT2D eigenvalue weighted by atomic mass is 16.3. The minimum atomic E-state index is 0.188. The molecular formula is C15H22O2. The van der Waals surface area contributed by atoms with Gasteiger partial charge in [0.25, 0.3) is 0 Å². The summed E-state index contributed by atoms with van der Waals surface area (Å²) in [6.45, 7) is 0.377. The molecule has 17 heavy (non-hydrogen) atoms. The lowest BCUT2D eigenvalue weighted by Crippen LogP contribution is -1.91. The molecule has 0 unspecified atom stereocenters. The number of aliphatic hydroxyl groups excluding tert-OH is 2. The van der Waals surface area contributed by atoms with Crippen LogP contribution in [-0.2, 0) is 0 Å². The summed E-state index contributed by atoms with van der Waals surface area (Å²) >= 11 is 0. The summed E-state index contributed by atoms with van der Waals surface area (Å²) in [6.07, 6.45) is 12.3. The third kappa shape index (κ3) is 2.48. The summed E-state index contributed by atoms with van der Waals surface area (Å²) in [5.41, 5.74) is 0. The highest BCUT2D eigenvalue weighted by molar-refractivity contribution is 5.15. The minimum Gasteiger partial charge on any atom is -0.392 e. The molecule has 3 fully saturated rings. The monoisotopic (exact) mass is 234 g/mol. The first-order valence-corrected chi connectivity index (χ1v) is 6.90. The fourth-order valence-electron chi connectivity index (χ4n) is 3.59. The Morgan fingerprint density at radius 2 is 1.18 bits per heavy atom. The molecule has 0 aliphatic heterocycles. The molecule has 0 heterocycles. The second-order valence-electron chi connectivity index (χ2n) is 5.91. The van der Waals surface area contributed by atoms with E-state index in [1.165, 1.54) is 19.3 Å². The van der Waals surface area contributed by atoms with Gasteiger partial charge in [-0.2, -0.15) is 0 Å². The molecule has 0 spiro atoms. The average molecular weight is 234 g/mol. The summed E-state index contributed by atoms with van der Waals surface area (Å²) < 4.78 is 0. The Morgan fingerprint density at radius 1 is 0.706 bits per heavy atom. The van der Waals surface area contributed by atoms with Crippen molar-refractivity contribution >= 4 is 0 Å². The van der Waals surface area contributed by atoms with E-state index in [2.05, 4.69) is 12.2 Å². The van der Waals surface area contributed by atoms with E-state index in [0.29, 0.717) is 0 Å². The first kappa shape index (κ1) is 11.5. The summed E-state index contributed by atoms with van der Waals surface area (Å²) in [5, 5.41) is 17.5. The molecule has 94 valence electrons. The van der Waals surface area contributed by atoms with Crippen molar-refractivity contribution in [2.24, 2.45) is 35.5 Å². The van der Waals surface area contributed by atoms with Gasteiger partial charge < -0.3 is 10.2 Å². The second kappa shape index (κ2) is 4.58. The van der Waals surface area contributed by atoms with E-state index in [1.807, 2.05) is 12.2 Å². The summed E-state index contributed by atoms with van der Waals surface area (Å²) in [5.74, 6) is 5.32. The number of hydrogen-bond acceptors (Lipinski definition) is 2. The predicted molar refractivity (Wildman–Crippen MR) is 67.2 cm³/mol. The number of aliphatic hydroxyl groups is 2. The van der Waals surface area contributed by atoms with E-state index in [0.717, 1.165) is 35.5 Å². The molecule has 3 aliphatic carbocycles. The first-order valence-electron chi connectivity index (χ1n) is 6.90. The van der Waals surface area contributed by atoms with Crippen LogP contribution in [0.25, 0.3) is 0 Å². The van der Waals surface area contributed by atoms with Crippen molar-refractivity contribution in [3.63, 3.8) is 0 Å². The summed E-state index contributed by atoms with van der Waals surface area (Å²) in [4.78, 5) is 0. The molecule has 0 saturated heterocycles. The molecule has 0 aromatic heterocycles. The van der Waals surface area contributed by atoms with Crippen LogP contribution in [0.5, 0.6) is 0 Å². The maximum Gasteiger partial charge on any atom is 0.0612 e. The highest BCUT2D eigenvalue weighted by Gasteiger charge is 2.59. The van der Waals surface area contributed by atoms with Crippen molar-refractivity contribution in [2.75, 3.05) is 13.2 Å². The molecule has 0 amide bonds. The van der Waals surface area contributed by atoms with Crippen molar-refractivity contribution < 1.29 is 10.2 Å². The number of allylic oxidation sites excluding steroid dienone is 2. The largest absolute Gasteiger partial charge is 0.392 e. The normalized spacial score (nSPS) is 47.9. The van der Waals surface area contributed by atoms with Crippen molar-refractivity contribution in [1.82, 2.24) is 0 Å². The molecule has 3 rings (SSSR count). The van der Waals surface area contributed by atoms with Crippen LogP contribution in [0.3, 0.4) is 0 Å². The van der Waals surface area contributed by atoms with Gasteiger partial charge in [-0.3, -0.25) is 0 Å². The molecule has 2 heteroatoms. The van der Waals surface area contributed by atoms with Crippen molar-refractivity contribution in [3.8, 4) is 0 Å². The molecule has 3 aliphatic rings. The van der Waals surface area contributed by atoms with Gasteiger partial charge in [0.05, 0.1) is 13.2 Å².